The number of benzene rings is 1. The first-order chi connectivity index (χ1) is 8.80. The Balaban J connectivity index is 3.09. The van der Waals surface area contributed by atoms with Crippen LogP contribution in [0.1, 0.15) is 24.0 Å². The highest BCUT2D eigenvalue weighted by molar-refractivity contribution is 7.89. The molecule has 0 saturated carbocycles. The van der Waals surface area contributed by atoms with Crippen molar-refractivity contribution in [1.82, 2.24) is 4.31 Å². The Morgan fingerprint density at radius 1 is 1.37 bits per heavy atom. The zero-order chi connectivity index (χ0) is 14.6. The Bertz CT molecular complexity index is 565. The van der Waals surface area contributed by atoms with Crippen LogP contribution in [-0.2, 0) is 10.0 Å². The third-order valence-corrected chi connectivity index (χ3v) is 5.19. The largest absolute Gasteiger partial charge is 0.399 e. The number of hydrogen-bond acceptors (Lipinski definition) is 3. The van der Waals surface area contributed by atoms with Gasteiger partial charge in [0.05, 0.1) is 4.90 Å². The third-order valence-electron chi connectivity index (χ3n) is 3.21. The van der Waals surface area contributed by atoms with Crippen LogP contribution >= 0.6 is 0 Å². The zero-order valence-electron chi connectivity index (χ0n) is 11.8. The van der Waals surface area contributed by atoms with E-state index in [1.807, 2.05) is 6.92 Å². The lowest BCUT2D eigenvalue weighted by Gasteiger charge is -2.19. The lowest BCUT2D eigenvalue weighted by molar-refractivity contribution is 0.462. The van der Waals surface area contributed by atoms with E-state index >= 15 is 0 Å². The van der Waals surface area contributed by atoms with Crippen LogP contribution in [0.5, 0.6) is 0 Å². The SMILES string of the molecule is C=CCCCN(C)S(=O)(=O)c1cc(N)cc(C)c1C. The van der Waals surface area contributed by atoms with Gasteiger partial charge in [-0.15, -0.1) is 6.58 Å². The van der Waals surface area contributed by atoms with E-state index in [-0.39, 0.29) is 0 Å². The molecular weight excluding hydrogens is 260 g/mol. The number of aryl methyl sites for hydroxylation is 1. The number of anilines is 1. The average Bonchev–Trinajstić information content (AvgIpc) is 2.33. The minimum atomic E-state index is -3.48. The maximum atomic E-state index is 12.5. The van der Waals surface area contributed by atoms with Crippen molar-refractivity contribution in [3.63, 3.8) is 0 Å². The van der Waals surface area contributed by atoms with Gasteiger partial charge in [-0.1, -0.05) is 6.08 Å². The highest BCUT2D eigenvalue weighted by atomic mass is 32.2. The summed E-state index contributed by atoms with van der Waals surface area (Å²) in [5, 5.41) is 0. The van der Waals surface area contributed by atoms with Crippen LogP contribution < -0.4 is 5.73 Å². The summed E-state index contributed by atoms with van der Waals surface area (Å²) in [5.74, 6) is 0. The molecule has 0 aliphatic carbocycles. The monoisotopic (exact) mass is 282 g/mol. The Hall–Kier alpha value is -1.33. The van der Waals surface area contributed by atoms with E-state index in [2.05, 4.69) is 6.58 Å². The van der Waals surface area contributed by atoms with E-state index < -0.39 is 10.0 Å². The molecule has 4 nitrogen and oxygen atoms in total. The van der Waals surface area contributed by atoms with Crippen molar-refractivity contribution in [2.45, 2.75) is 31.6 Å². The molecule has 0 aromatic heterocycles. The Labute approximate surface area is 116 Å². The molecule has 2 N–H and O–H groups in total. The molecule has 1 aromatic carbocycles. The second-order valence-electron chi connectivity index (χ2n) is 4.72. The lowest BCUT2D eigenvalue weighted by atomic mass is 10.1. The Morgan fingerprint density at radius 3 is 2.58 bits per heavy atom. The van der Waals surface area contributed by atoms with Crippen LogP contribution in [0, 0.1) is 13.8 Å². The molecule has 0 radical (unpaired) electrons. The van der Waals surface area contributed by atoms with Gasteiger partial charge in [-0.3, -0.25) is 0 Å². The number of allylic oxidation sites excluding steroid dienone is 1. The fourth-order valence-corrected chi connectivity index (χ4v) is 3.41. The van der Waals surface area contributed by atoms with Crippen LogP contribution in [0.3, 0.4) is 0 Å². The van der Waals surface area contributed by atoms with Crippen LogP contribution in [-0.4, -0.2) is 26.3 Å². The van der Waals surface area contributed by atoms with Crippen molar-refractivity contribution in [1.29, 1.82) is 0 Å². The molecule has 0 aliphatic rings. The fraction of sp³-hybridized carbons (Fsp3) is 0.429. The van der Waals surface area contributed by atoms with Crippen LogP contribution in [0.4, 0.5) is 5.69 Å². The van der Waals surface area contributed by atoms with E-state index in [4.69, 9.17) is 5.73 Å². The van der Waals surface area contributed by atoms with Gasteiger partial charge in [-0.05, 0) is 49.9 Å². The molecule has 1 rings (SSSR count). The summed E-state index contributed by atoms with van der Waals surface area (Å²) < 4.78 is 26.4. The van der Waals surface area contributed by atoms with Crippen LogP contribution in [0.25, 0.3) is 0 Å². The van der Waals surface area contributed by atoms with Gasteiger partial charge in [-0.2, -0.15) is 0 Å². The first kappa shape index (κ1) is 15.7. The second kappa shape index (κ2) is 6.21. The minimum Gasteiger partial charge on any atom is -0.399 e. The van der Waals surface area contributed by atoms with E-state index in [1.165, 1.54) is 10.4 Å². The topological polar surface area (TPSA) is 63.4 Å². The van der Waals surface area contributed by atoms with Gasteiger partial charge < -0.3 is 5.73 Å². The van der Waals surface area contributed by atoms with Crippen molar-refractivity contribution in [2.75, 3.05) is 19.3 Å². The lowest BCUT2D eigenvalue weighted by Crippen LogP contribution is -2.28. The molecule has 106 valence electrons. The Kier molecular flexibility index (Phi) is 5.14. The molecule has 0 spiro atoms. The maximum Gasteiger partial charge on any atom is 0.243 e. The maximum absolute atomic E-state index is 12.5. The van der Waals surface area contributed by atoms with E-state index in [0.29, 0.717) is 17.1 Å². The molecule has 0 aliphatic heterocycles. The summed E-state index contributed by atoms with van der Waals surface area (Å²) in [6.07, 6.45) is 3.35. The molecule has 0 atom stereocenters. The highest BCUT2D eigenvalue weighted by Gasteiger charge is 2.23. The van der Waals surface area contributed by atoms with Crippen molar-refractivity contribution in [2.24, 2.45) is 0 Å². The first-order valence-corrected chi connectivity index (χ1v) is 7.68. The smallest absolute Gasteiger partial charge is 0.243 e. The van der Waals surface area contributed by atoms with E-state index in [9.17, 15) is 8.42 Å². The van der Waals surface area contributed by atoms with Crippen LogP contribution in [0.2, 0.25) is 0 Å². The van der Waals surface area contributed by atoms with Gasteiger partial charge in [0, 0.05) is 19.3 Å². The minimum absolute atomic E-state index is 0.297. The standard InChI is InChI=1S/C14H22N2O2S/c1-5-6-7-8-16(4)19(17,18)14-10-13(15)9-11(2)12(14)3/h5,9-10H,1,6-8,15H2,2-4H3. The van der Waals surface area contributed by atoms with Gasteiger partial charge in [0.1, 0.15) is 0 Å². The molecule has 19 heavy (non-hydrogen) atoms. The second-order valence-corrected chi connectivity index (χ2v) is 6.73. The van der Waals surface area contributed by atoms with Crippen molar-refractivity contribution >= 4 is 15.7 Å². The normalized spacial score (nSPS) is 11.8. The molecule has 0 amide bonds. The van der Waals surface area contributed by atoms with Gasteiger partial charge in [0.2, 0.25) is 10.0 Å². The summed E-state index contributed by atoms with van der Waals surface area (Å²) in [6, 6.07) is 3.31. The van der Waals surface area contributed by atoms with Gasteiger partial charge in [-0.25, -0.2) is 12.7 Å². The molecule has 0 fully saturated rings. The fourth-order valence-electron chi connectivity index (χ4n) is 1.87. The van der Waals surface area contributed by atoms with Crippen LogP contribution in [0.15, 0.2) is 29.7 Å². The predicted molar refractivity (Wildman–Crippen MR) is 79.6 cm³/mol. The highest BCUT2D eigenvalue weighted by Crippen LogP contribution is 2.24. The van der Waals surface area contributed by atoms with Crippen molar-refractivity contribution in [3.05, 3.63) is 35.9 Å². The van der Waals surface area contributed by atoms with Crippen molar-refractivity contribution in [3.8, 4) is 0 Å². The number of hydrogen-bond donors (Lipinski definition) is 1. The van der Waals surface area contributed by atoms with Gasteiger partial charge in [0.15, 0.2) is 0 Å². The zero-order valence-corrected chi connectivity index (χ0v) is 12.6. The first-order valence-electron chi connectivity index (χ1n) is 6.24. The molecule has 5 heteroatoms. The molecular formula is C14H22N2O2S. The molecule has 0 unspecified atom stereocenters. The summed E-state index contributed by atoms with van der Waals surface area (Å²) in [5.41, 5.74) is 7.87. The number of sulfonamides is 1. The molecule has 0 saturated heterocycles. The number of nitrogens with two attached hydrogens (primary N) is 1. The molecule has 0 heterocycles. The number of nitrogen functional groups attached to an aromatic ring is 1. The molecule has 1 aromatic rings. The summed E-state index contributed by atoms with van der Waals surface area (Å²) in [6.45, 7) is 7.77. The third kappa shape index (κ3) is 3.58. The predicted octanol–water partition coefficient (Wildman–Crippen LogP) is 2.47. The number of nitrogens with zero attached hydrogens (tertiary/aromatic N) is 1. The quantitative estimate of drug-likeness (QED) is 0.495. The summed E-state index contributed by atoms with van der Waals surface area (Å²) >= 11 is 0. The summed E-state index contributed by atoms with van der Waals surface area (Å²) in [4.78, 5) is 0.297. The van der Waals surface area contributed by atoms with Gasteiger partial charge >= 0.3 is 0 Å². The number of unbranched alkanes of at least 4 members (excludes halogenated alkanes) is 1. The summed E-state index contributed by atoms with van der Waals surface area (Å²) in [7, 11) is -1.88. The van der Waals surface area contributed by atoms with Crippen molar-refractivity contribution < 1.29 is 8.42 Å². The van der Waals surface area contributed by atoms with Gasteiger partial charge in [0.25, 0.3) is 0 Å². The number of rotatable bonds is 6. The van der Waals surface area contributed by atoms with E-state index in [1.54, 1.807) is 26.1 Å². The average molecular weight is 282 g/mol. The molecule has 0 bridgehead atoms. The Morgan fingerprint density at radius 2 is 2.00 bits per heavy atom. The van der Waals surface area contributed by atoms with E-state index in [0.717, 1.165) is 24.0 Å².